The third-order valence-electron chi connectivity index (χ3n) is 4.46. The van der Waals surface area contributed by atoms with Gasteiger partial charge in [-0.1, -0.05) is 24.3 Å². The molecule has 0 aliphatic heterocycles. The Balaban J connectivity index is 1.33. The summed E-state index contributed by atoms with van der Waals surface area (Å²) < 4.78 is 5.56. The number of nitrogens with one attached hydrogen (secondary N) is 3. The zero-order chi connectivity index (χ0) is 20.8. The highest BCUT2D eigenvalue weighted by atomic mass is 16.5. The highest BCUT2D eigenvalue weighted by Crippen LogP contribution is 2.15. The predicted octanol–water partition coefficient (Wildman–Crippen LogP) is 3.62. The van der Waals surface area contributed by atoms with Crippen LogP contribution in [0.25, 0.3) is 11.0 Å². The van der Waals surface area contributed by atoms with Crippen LogP contribution in [0.1, 0.15) is 20.7 Å². The molecule has 2 amide bonds. The maximum atomic E-state index is 12.5. The molecule has 0 radical (unpaired) electrons. The number of aromatic nitrogens is 2. The maximum Gasteiger partial charge on any atom is 0.255 e. The number of imidazole rings is 1. The molecule has 0 aliphatic carbocycles. The zero-order valence-corrected chi connectivity index (χ0v) is 16.1. The minimum atomic E-state index is -0.264. The number of hydrogen-bond acceptors (Lipinski definition) is 4. The fraction of sp³-hybridized carbons (Fsp3) is 0.0870. The van der Waals surface area contributed by atoms with Gasteiger partial charge in [-0.2, -0.15) is 0 Å². The second-order valence-corrected chi connectivity index (χ2v) is 6.59. The molecular formula is C23H20N4O3. The van der Waals surface area contributed by atoms with Gasteiger partial charge in [-0.05, 0) is 48.5 Å². The van der Waals surface area contributed by atoms with Crippen LogP contribution in [0, 0.1) is 0 Å². The number of ether oxygens (including phenoxy) is 1. The van der Waals surface area contributed by atoms with Gasteiger partial charge in [0.2, 0.25) is 0 Å². The van der Waals surface area contributed by atoms with Gasteiger partial charge in [0.05, 0.1) is 23.9 Å². The highest BCUT2D eigenvalue weighted by Gasteiger charge is 2.10. The van der Waals surface area contributed by atoms with Crippen LogP contribution in [-0.2, 0) is 0 Å². The molecule has 30 heavy (non-hydrogen) atoms. The summed E-state index contributed by atoms with van der Waals surface area (Å²) in [6.45, 7) is 0.733. The van der Waals surface area contributed by atoms with E-state index < -0.39 is 0 Å². The van der Waals surface area contributed by atoms with E-state index in [4.69, 9.17) is 4.74 Å². The molecule has 150 valence electrons. The standard InChI is InChI=1S/C23H20N4O3/c28-22(24-11-12-30-19-7-2-1-3-8-19)16-5-4-6-18(13-16)27-23(29)17-9-10-20-21(14-17)26-15-25-20/h1-10,13-15H,11-12H2,(H,24,28)(H,25,26)(H,27,29). The van der Waals surface area contributed by atoms with Gasteiger partial charge < -0.3 is 20.4 Å². The molecule has 0 saturated heterocycles. The Kier molecular flexibility index (Phi) is 5.70. The van der Waals surface area contributed by atoms with Crippen LogP contribution in [0.4, 0.5) is 5.69 Å². The van der Waals surface area contributed by atoms with Gasteiger partial charge in [0, 0.05) is 16.8 Å². The summed E-state index contributed by atoms with van der Waals surface area (Å²) in [7, 11) is 0. The molecule has 0 fully saturated rings. The number of amides is 2. The smallest absolute Gasteiger partial charge is 0.255 e. The second-order valence-electron chi connectivity index (χ2n) is 6.59. The summed E-state index contributed by atoms with van der Waals surface area (Å²) in [5, 5.41) is 5.63. The number of fused-ring (bicyclic) bond motifs is 1. The van der Waals surface area contributed by atoms with Crippen molar-refractivity contribution in [3.8, 4) is 5.75 Å². The van der Waals surface area contributed by atoms with Crippen LogP contribution in [-0.4, -0.2) is 34.9 Å². The van der Waals surface area contributed by atoms with Gasteiger partial charge in [-0.15, -0.1) is 0 Å². The van der Waals surface area contributed by atoms with Crippen LogP contribution >= 0.6 is 0 Å². The van der Waals surface area contributed by atoms with E-state index in [0.717, 1.165) is 16.8 Å². The molecule has 1 heterocycles. The fourth-order valence-corrected chi connectivity index (χ4v) is 2.97. The molecule has 1 aromatic heterocycles. The van der Waals surface area contributed by atoms with Crippen molar-refractivity contribution in [2.75, 3.05) is 18.5 Å². The Morgan fingerprint density at radius 1 is 0.900 bits per heavy atom. The third kappa shape index (κ3) is 4.64. The lowest BCUT2D eigenvalue weighted by molar-refractivity contribution is 0.0945. The van der Waals surface area contributed by atoms with Crippen molar-refractivity contribution in [2.45, 2.75) is 0 Å². The lowest BCUT2D eigenvalue weighted by atomic mass is 10.1. The molecule has 7 heteroatoms. The van der Waals surface area contributed by atoms with Crippen molar-refractivity contribution < 1.29 is 14.3 Å². The van der Waals surface area contributed by atoms with Crippen LogP contribution in [0.15, 0.2) is 79.1 Å². The second kappa shape index (κ2) is 8.91. The van der Waals surface area contributed by atoms with Gasteiger partial charge in [0.1, 0.15) is 12.4 Å². The number of aromatic amines is 1. The molecule has 0 saturated carbocycles. The number of rotatable bonds is 7. The number of anilines is 1. The molecular weight excluding hydrogens is 380 g/mol. The number of carbonyl (C=O) groups is 2. The SMILES string of the molecule is O=C(NCCOc1ccccc1)c1cccc(NC(=O)c2ccc3nc[nH]c3c2)c1. The zero-order valence-electron chi connectivity index (χ0n) is 16.1. The molecule has 0 spiro atoms. The van der Waals surface area contributed by atoms with Crippen molar-refractivity contribution >= 4 is 28.5 Å². The van der Waals surface area contributed by atoms with E-state index in [-0.39, 0.29) is 11.8 Å². The summed E-state index contributed by atoms with van der Waals surface area (Å²) >= 11 is 0. The van der Waals surface area contributed by atoms with E-state index in [0.29, 0.717) is 30.0 Å². The Morgan fingerprint density at radius 2 is 1.73 bits per heavy atom. The number of H-pyrrole nitrogens is 1. The molecule has 0 atom stereocenters. The van der Waals surface area contributed by atoms with E-state index in [1.807, 2.05) is 30.3 Å². The predicted molar refractivity (Wildman–Crippen MR) is 115 cm³/mol. The third-order valence-corrected chi connectivity index (χ3v) is 4.46. The summed E-state index contributed by atoms with van der Waals surface area (Å²) in [5.41, 5.74) is 3.07. The summed E-state index contributed by atoms with van der Waals surface area (Å²) in [6, 6.07) is 21.4. The van der Waals surface area contributed by atoms with Gasteiger partial charge >= 0.3 is 0 Å². The van der Waals surface area contributed by atoms with Gasteiger partial charge in [0.15, 0.2) is 0 Å². The van der Waals surface area contributed by atoms with Crippen molar-refractivity contribution in [3.63, 3.8) is 0 Å². The molecule has 4 aromatic rings. The van der Waals surface area contributed by atoms with E-state index in [2.05, 4.69) is 20.6 Å². The largest absolute Gasteiger partial charge is 0.492 e. The molecule has 3 N–H and O–H groups in total. The van der Waals surface area contributed by atoms with Crippen LogP contribution in [0.5, 0.6) is 5.75 Å². The Bertz CT molecular complexity index is 1170. The van der Waals surface area contributed by atoms with E-state index in [9.17, 15) is 9.59 Å². The number of carbonyl (C=O) groups excluding carboxylic acids is 2. The van der Waals surface area contributed by atoms with Crippen LogP contribution < -0.4 is 15.4 Å². The molecule has 7 nitrogen and oxygen atoms in total. The normalized spacial score (nSPS) is 10.5. The average molecular weight is 400 g/mol. The van der Waals surface area contributed by atoms with Crippen molar-refractivity contribution in [1.82, 2.24) is 15.3 Å². The van der Waals surface area contributed by atoms with Gasteiger partial charge in [-0.3, -0.25) is 9.59 Å². The van der Waals surface area contributed by atoms with E-state index in [1.54, 1.807) is 48.8 Å². The van der Waals surface area contributed by atoms with Gasteiger partial charge in [0.25, 0.3) is 11.8 Å². The maximum absolute atomic E-state index is 12.5. The quantitative estimate of drug-likeness (QED) is 0.413. The number of para-hydroxylation sites is 1. The first-order valence-corrected chi connectivity index (χ1v) is 9.50. The van der Waals surface area contributed by atoms with E-state index in [1.165, 1.54) is 0 Å². The Hall–Kier alpha value is -4.13. The Morgan fingerprint density at radius 3 is 2.60 bits per heavy atom. The van der Waals surface area contributed by atoms with Crippen molar-refractivity contribution in [1.29, 1.82) is 0 Å². The summed E-state index contributed by atoms with van der Waals surface area (Å²) in [4.78, 5) is 32.1. The lowest BCUT2D eigenvalue weighted by Gasteiger charge is -2.09. The highest BCUT2D eigenvalue weighted by molar-refractivity contribution is 6.06. The topological polar surface area (TPSA) is 96.1 Å². The molecule has 0 unspecified atom stereocenters. The molecule has 0 bridgehead atoms. The monoisotopic (exact) mass is 400 g/mol. The fourth-order valence-electron chi connectivity index (χ4n) is 2.97. The average Bonchev–Trinajstić information content (AvgIpc) is 3.25. The minimum Gasteiger partial charge on any atom is -0.492 e. The first-order chi connectivity index (χ1) is 14.7. The first-order valence-electron chi connectivity index (χ1n) is 9.50. The number of nitrogens with zero attached hydrogens (tertiary/aromatic N) is 1. The number of benzene rings is 3. The summed E-state index contributed by atoms with van der Waals surface area (Å²) in [6.07, 6.45) is 1.58. The van der Waals surface area contributed by atoms with Crippen molar-refractivity contribution in [3.05, 3.63) is 90.3 Å². The van der Waals surface area contributed by atoms with Crippen molar-refractivity contribution in [2.24, 2.45) is 0 Å². The minimum absolute atomic E-state index is 0.235. The number of hydrogen-bond donors (Lipinski definition) is 3. The van der Waals surface area contributed by atoms with Gasteiger partial charge in [-0.25, -0.2) is 4.98 Å². The van der Waals surface area contributed by atoms with Crippen LogP contribution in [0.2, 0.25) is 0 Å². The summed E-state index contributed by atoms with van der Waals surface area (Å²) in [5.74, 6) is 0.256. The van der Waals surface area contributed by atoms with E-state index >= 15 is 0 Å². The molecule has 3 aromatic carbocycles. The lowest BCUT2D eigenvalue weighted by Crippen LogP contribution is -2.28. The molecule has 4 rings (SSSR count). The first kappa shape index (κ1) is 19.2. The Labute approximate surface area is 173 Å². The molecule has 0 aliphatic rings. The van der Waals surface area contributed by atoms with Crippen LogP contribution in [0.3, 0.4) is 0 Å².